The van der Waals surface area contributed by atoms with Crippen LogP contribution in [0.2, 0.25) is 0 Å². The molecule has 0 N–H and O–H groups in total. The van der Waals surface area contributed by atoms with E-state index in [0.717, 1.165) is 31.2 Å². The number of thioether (sulfide) groups is 6. The van der Waals surface area contributed by atoms with Gasteiger partial charge in [0.15, 0.2) is 0 Å². The SMILES string of the molecule is SCC1CSC(CSc2ccccc2SCC2SCC(CS)S2)S1. The molecule has 8 heteroatoms. The quantitative estimate of drug-likeness (QED) is 0.346. The molecule has 1 aromatic carbocycles. The Labute approximate surface area is 182 Å². The molecule has 3 rings (SSSR count). The molecule has 2 heterocycles. The first-order chi connectivity index (χ1) is 11.8. The highest BCUT2D eigenvalue weighted by molar-refractivity contribution is 8.22. The first kappa shape index (κ1) is 20.7. The van der Waals surface area contributed by atoms with E-state index < -0.39 is 0 Å². The summed E-state index contributed by atoms with van der Waals surface area (Å²) >= 11 is 21.4. The third-order valence-electron chi connectivity index (χ3n) is 3.63. The van der Waals surface area contributed by atoms with Crippen LogP contribution in [0.25, 0.3) is 0 Å². The van der Waals surface area contributed by atoms with Gasteiger partial charge in [0, 0.05) is 54.8 Å². The van der Waals surface area contributed by atoms with Crippen molar-refractivity contribution < 1.29 is 0 Å². The summed E-state index contributed by atoms with van der Waals surface area (Å²) in [7, 11) is 0. The van der Waals surface area contributed by atoms with Gasteiger partial charge in [-0.25, -0.2) is 0 Å². The summed E-state index contributed by atoms with van der Waals surface area (Å²) in [5.41, 5.74) is 0. The molecule has 0 nitrogen and oxygen atoms in total. The minimum absolute atomic E-state index is 0.724. The molecule has 0 aliphatic carbocycles. The summed E-state index contributed by atoms with van der Waals surface area (Å²) in [4.78, 5) is 2.91. The summed E-state index contributed by atoms with van der Waals surface area (Å²) < 4.78 is 1.45. The first-order valence-corrected chi connectivity index (χ1v) is 15.1. The van der Waals surface area contributed by atoms with Gasteiger partial charge < -0.3 is 0 Å². The summed E-state index contributed by atoms with van der Waals surface area (Å²) in [5, 5.41) is 1.48. The Bertz CT molecular complexity index is 466. The molecule has 24 heavy (non-hydrogen) atoms. The lowest BCUT2D eigenvalue weighted by atomic mass is 10.4. The van der Waals surface area contributed by atoms with Crippen LogP contribution in [0.3, 0.4) is 0 Å². The number of hydrogen-bond donors (Lipinski definition) is 2. The fourth-order valence-corrected chi connectivity index (χ4v) is 12.7. The second kappa shape index (κ2) is 11.1. The number of thiol groups is 2. The Hall–Kier alpha value is 2.02. The van der Waals surface area contributed by atoms with Gasteiger partial charge in [0.2, 0.25) is 0 Å². The van der Waals surface area contributed by atoms with Gasteiger partial charge in [0.05, 0.1) is 9.16 Å². The second-order valence-electron chi connectivity index (χ2n) is 5.48. The van der Waals surface area contributed by atoms with Crippen molar-refractivity contribution in [1.82, 2.24) is 0 Å². The van der Waals surface area contributed by atoms with Gasteiger partial charge in [0.1, 0.15) is 0 Å². The lowest BCUT2D eigenvalue weighted by Gasteiger charge is -2.13. The minimum Gasteiger partial charge on any atom is -0.178 e. The van der Waals surface area contributed by atoms with E-state index in [-0.39, 0.29) is 0 Å². The Balaban J connectivity index is 1.48. The van der Waals surface area contributed by atoms with Gasteiger partial charge in [-0.2, -0.15) is 25.3 Å². The van der Waals surface area contributed by atoms with Crippen molar-refractivity contribution in [3.8, 4) is 0 Å². The zero-order valence-electron chi connectivity index (χ0n) is 13.2. The van der Waals surface area contributed by atoms with Crippen LogP contribution < -0.4 is 0 Å². The fourth-order valence-electron chi connectivity index (χ4n) is 2.39. The van der Waals surface area contributed by atoms with E-state index >= 15 is 0 Å². The monoisotopic (exact) mass is 470 g/mol. The van der Waals surface area contributed by atoms with E-state index in [0.29, 0.717) is 0 Å². The van der Waals surface area contributed by atoms with Crippen molar-refractivity contribution in [2.24, 2.45) is 0 Å². The molecular weight excluding hydrogens is 449 g/mol. The zero-order valence-corrected chi connectivity index (χ0v) is 19.9. The Kier molecular flexibility index (Phi) is 9.62. The maximum absolute atomic E-state index is 4.44. The number of hydrogen-bond acceptors (Lipinski definition) is 8. The van der Waals surface area contributed by atoms with Crippen molar-refractivity contribution in [3.63, 3.8) is 0 Å². The average Bonchev–Trinajstić information content (AvgIpc) is 3.27. The summed E-state index contributed by atoms with van der Waals surface area (Å²) in [5.74, 6) is 6.94. The van der Waals surface area contributed by atoms with E-state index in [9.17, 15) is 0 Å². The van der Waals surface area contributed by atoms with Gasteiger partial charge in [-0.3, -0.25) is 0 Å². The van der Waals surface area contributed by atoms with Gasteiger partial charge in [-0.15, -0.1) is 70.6 Å². The Morgan fingerprint density at radius 2 is 1.29 bits per heavy atom. The van der Waals surface area contributed by atoms with Gasteiger partial charge in [-0.1, -0.05) is 12.1 Å². The van der Waals surface area contributed by atoms with Crippen LogP contribution in [0.1, 0.15) is 0 Å². The van der Waals surface area contributed by atoms with Crippen molar-refractivity contribution in [1.29, 1.82) is 0 Å². The molecule has 1 aromatic rings. The highest BCUT2D eigenvalue weighted by Gasteiger charge is 2.26. The van der Waals surface area contributed by atoms with Crippen LogP contribution in [-0.4, -0.2) is 54.2 Å². The Morgan fingerprint density at radius 3 is 1.67 bits per heavy atom. The third-order valence-corrected chi connectivity index (χ3v) is 14.9. The third kappa shape index (κ3) is 6.28. The minimum atomic E-state index is 0.724. The topological polar surface area (TPSA) is 0 Å². The van der Waals surface area contributed by atoms with Crippen molar-refractivity contribution in [2.45, 2.75) is 29.5 Å². The lowest BCUT2D eigenvalue weighted by Crippen LogP contribution is -2.03. The number of benzene rings is 1. The lowest BCUT2D eigenvalue weighted by molar-refractivity contribution is 1.17. The standard InChI is InChI=1S/C16H22S8/c17-5-11-7-21-15(23-11)9-19-13-3-1-2-4-14(13)20-10-16-22-8-12(6-18)24-16/h1-4,11-12,15-18H,5-10H2. The highest BCUT2D eigenvalue weighted by Crippen LogP contribution is 2.44. The van der Waals surface area contributed by atoms with Crippen LogP contribution in [-0.2, 0) is 0 Å². The molecule has 2 fully saturated rings. The predicted octanol–water partition coefficient (Wildman–Crippen LogP) is 6.08. The van der Waals surface area contributed by atoms with Crippen LogP contribution >= 0.6 is 95.8 Å². The average molecular weight is 471 g/mol. The maximum Gasteiger partial charge on any atom is 0.0600 e. The normalized spacial score (nSPS) is 30.1. The predicted molar refractivity (Wildman–Crippen MR) is 131 cm³/mol. The van der Waals surface area contributed by atoms with Crippen molar-refractivity contribution in [2.75, 3.05) is 34.5 Å². The molecule has 0 radical (unpaired) electrons. The molecule has 4 unspecified atom stereocenters. The molecule has 0 bridgehead atoms. The van der Waals surface area contributed by atoms with Crippen molar-refractivity contribution in [3.05, 3.63) is 24.3 Å². The fraction of sp³-hybridized carbons (Fsp3) is 0.625. The Morgan fingerprint density at radius 1 is 0.833 bits per heavy atom. The van der Waals surface area contributed by atoms with Gasteiger partial charge in [0.25, 0.3) is 0 Å². The van der Waals surface area contributed by atoms with Crippen molar-refractivity contribution >= 4 is 95.8 Å². The molecule has 2 aliphatic heterocycles. The second-order valence-corrected chi connectivity index (χ2v) is 14.4. The molecular formula is C16H22S8. The smallest absolute Gasteiger partial charge is 0.0600 e. The molecule has 0 spiro atoms. The number of rotatable bonds is 8. The molecule has 134 valence electrons. The van der Waals surface area contributed by atoms with Crippen LogP contribution in [0, 0.1) is 0 Å². The highest BCUT2D eigenvalue weighted by atomic mass is 32.2. The molecule has 0 amide bonds. The maximum atomic E-state index is 4.44. The van der Waals surface area contributed by atoms with Gasteiger partial charge >= 0.3 is 0 Å². The van der Waals surface area contributed by atoms with E-state index in [1.165, 1.54) is 32.8 Å². The van der Waals surface area contributed by atoms with Crippen LogP contribution in [0.5, 0.6) is 0 Å². The molecule has 0 aromatic heterocycles. The van der Waals surface area contributed by atoms with E-state index in [4.69, 9.17) is 0 Å². The first-order valence-electron chi connectivity index (χ1n) is 7.89. The summed E-state index contributed by atoms with van der Waals surface area (Å²) in [6, 6.07) is 8.93. The van der Waals surface area contributed by atoms with Gasteiger partial charge in [-0.05, 0) is 12.1 Å². The summed E-state index contributed by atoms with van der Waals surface area (Å²) in [6.07, 6.45) is 0. The van der Waals surface area contributed by atoms with Crippen LogP contribution in [0.15, 0.2) is 34.1 Å². The molecule has 2 saturated heterocycles. The van der Waals surface area contributed by atoms with E-state index in [1.54, 1.807) is 0 Å². The molecule has 2 aliphatic rings. The summed E-state index contributed by atoms with van der Waals surface area (Å²) in [6.45, 7) is 0. The largest absolute Gasteiger partial charge is 0.178 e. The van der Waals surface area contributed by atoms with Crippen LogP contribution in [0.4, 0.5) is 0 Å². The van der Waals surface area contributed by atoms with E-state index in [1.807, 2.05) is 23.5 Å². The molecule has 4 atom stereocenters. The molecule has 0 saturated carbocycles. The zero-order chi connectivity index (χ0) is 16.8. The van der Waals surface area contributed by atoms with E-state index in [2.05, 4.69) is 96.6 Å².